The average Bonchev–Trinajstić information content (AvgIpc) is 3.17. The zero-order valence-electron chi connectivity index (χ0n) is 17.0. The van der Waals surface area contributed by atoms with Gasteiger partial charge in [-0.15, -0.1) is 0 Å². The molecule has 30 heavy (non-hydrogen) atoms. The molecule has 2 aromatic rings. The summed E-state index contributed by atoms with van der Waals surface area (Å²) in [6.07, 6.45) is 4.16. The predicted molar refractivity (Wildman–Crippen MR) is 117 cm³/mol. The second-order valence-corrected chi connectivity index (χ2v) is 10.7. The van der Waals surface area contributed by atoms with E-state index in [0.717, 1.165) is 29.3 Å². The van der Waals surface area contributed by atoms with Crippen LogP contribution in [0.5, 0.6) is 0 Å². The third-order valence-electron chi connectivity index (χ3n) is 5.75. The van der Waals surface area contributed by atoms with E-state index in [2.05, 4.69) is 15.9 Å². The van der Waals surface area contributed by atoms with Crippen LogP contribution in [0, 0.1) is 0 Å². The van der Waals surface area contributed by atoms with E-state index in [0.29, 0.717) is 38.5 Å². The molecule has 0 spiro atoms. The first-order valence-electron chi connectivity index (χ1n) is 10.2. The molecule has 0 bridgehead atoms. The van der Waals surface area contributed by atoms with Gasteiger partial charge in [-0.05, 0) is 36.6 Å². The number of aryl methyl sites for hydroxylation is 1. The molecule has 2 aliphatic heterocycles. The van der Waals surface area contributed by atoms with Crippen LogP contribution in [-0.4, -0.2) is 60.9 Å². The Balaban J connectivity index is 1.52. The second kappa shape index (κ2) is 8.82. The Bertz CT molecular complexity index is 1010. The largest absolute Gasteiger partial charge is 0.370 e. The van der Waals surface area contributed by atoms with E-state index in [1.54, 1.807) is 22.7 Å². The molecule has 1 atom stereocenters. The van der Waals surface area contributed by atoms with Crippen LogP contribution in [0.3, 0.4) is 0 Å². The summed E-state index contributed by atoms with van der Waals surface area (Å²) in [6, 6.07) is 9.38. The van der Waals surface area contributed by atoms with Crippen molar-refractivity contribution >= 4 is 31.9 Å². The molecule has 7 nitrogen and oxygen atoms in total. The normalized spacial score (nSPS) is 21.0. The lowest BCUT2D eigenvalue weighted by Crippen LogP contribution is -2.42. The Labute approximate surface area is 185 Å². The monoisotopic (exact) mass is 495 g/mol. The lowest BCUT2D eigenvalue weighted by molar-refractivity contribution is -0.0231. The van der Waals surface area contributed by atoms with E-state index in [9.17, 15) is 13.2 Å². The van der Waals surface area contributed by atoms with Crippen molar-refractivity contribution in [2.24, 2.45) is 7.05 Å². The molecule has 3 heterocycles. The number of benzene rings is 1. The molecule has 1 aromatic carbocycles. The number of rotatable bonds is 4. The number of halogens is 1. The fourth-order valence-corrected chi connectivity index (χ4v) is 5.87. The van der Waals surface area contributed by atoms with Crippen molar-refractivity contribution in [3.05, 3.63) is 52.3 Å². The lowest BCUT2D eigenvalue weighted by Gasteiger charge is -2.33. The molecule has 2 fully saturated rings. The third-order valence-corrected chi connectivity index (χ3v) is 8.14. The van der Waals surface area contributed by atoms with Crippen LogP contribution >= 0.6 is 15.9 Å². The van der Waals surface area contributed by atoms with E-state index in [1.165, 1.54) is 10.4 Å². The maximum absolute atomic E-state index is 13.2. The molecule has 9 heteroatoms. The molecule has 0 N–H and O–H groups in total. The maximum Gasteiger partial charge on any atom is 0.270 e. The number of ether oxygens (including phenoxy) is 1. The topological polar surface area (TPSA) is 71.9 Å². The number of carbonyl (C=O) groups is 1. The highest BCUT2D eigenvalue weighted by Gasteiger charge is 2.31. The number of carbonyl (C=O) groups excluding carboxylic acids is 1. The summed E-state index contributed by atoms with van der Waals surface area (Å²) in [5.41, 5.74) is 1.39. The van der Waals surface area contributed by atoms with Gasteiger partial charge < -0.3 is 14.2 Å². The Morgan fingerprint density at radius 3 is 2.50 bits per heavy atom. The molecule has 1 unspecified atom stereocenters. The van der Waals surface area contributed by atoms with E-state index in [-0.39, 0.29) is 16.9 Å². The standard InChI is InChI=1S/C21H26BrN3O4S/c1-23-14-18(30(27,28)25-9-3-2-4-10-25)13-19(23)21(26)24-11-12-29-20(15-24)16-5-7-17(22)8-6-16/h5-8,13-14,20H,2-4,9-12,15H2,1H3. The van der Waals surface area contributed by atoms with Crippen molar-refractivity contribution in [1.82, 2.24) is 13.8 Å². The van der Waals surface area contributed by atoms with Gasteiger partial charge in [0.15, 0.2) is 0 Å². The molecule has 4 rings (SSSR count). The van der Waals surface area contributed by atoms with Crippen molar-refractivity contribution in [2.75, 3.05) is 32.8 Å². The average molecular weight is 496 g/mol. The maximum atomic E-state index is 13.2. The van der Waals surface area contributed by atoms with Crippen LogP contribution in [0.1, 0.15) is 41.4 Å². The van der Waals surface area contributed by atoms with Crippen LogP contribution in [0.2, 0.25) is 0 Å². The molecule has 1 aromatic heterocycles. The SMILES string of the molecule is Cn1cc(S(=O)(=O)N2CCCCC2)cc1C(=O)N1CCOC(c2ccc(Br)cc2)C1. The fourth-order valence-electron chi connectivity index (χ4n) is 4.02. The Morgan fingerprint density at radius 2 is 1.80 bits per heavy atom. The van der Waals surface area contributed by atoms with Gasteiger partial charge in [-0.25, -0.2) is 8.42 Å². The van der Waals surface area contributed by atoms with Gasteiger partial charge in [0.05, 0.1) is 13.2 Å². The number of aromatic nitrogens is 1. The van der Waals surface area contributed by atoms with Gasteiger partial charge in [0.1, 0.15) is 16.7 Å². The number of morpholine rings is 1. The van der Waals surface area contributed by atoms with Crippen LogP contribution in [-0.2, 0) is 21.8 Å². The van der Waals surface area contributed by atoms with Crippen LogP contribution in [0.25, 0.3) is 0 Å². The van der Waals surface area contributed by atoms with Crippen LogP contribution in [0.15, 0.2) is 45.9 Å². The first-order valence-corrected chi connectivity index (χ1v) is 12.4. The predicted octanol–water partition coefficient (Wildman–Crippen LogP) is 3.18. The minimum atomic E-state index is -3.57. The third kappa shape index (κ3) is 4.34. The van der Waals surface area contributed by atoms with Gasteiger partial charge in [-0.3, -0.25) is 4.79 Å². The van der Waals surface area contributed by atoms with Crippen molar-refractivity contribution in [3.8, 4) is 0 Å². The molecule has 2 saturated heterocycles. The first-order chi connectivity index (χ1) is 14.4. The summed E-state index contributed by atoms with van der Waals surface area (Å²) in [5, 5.41) is 0. The molecule has 162 valence electrons. The van der Waals surface area contributed by atoms with E-state index in [1.807, 2.05) is 24.3 Å². The molecule has 0 saturated carbocycles. The summed E-state index contributed by atoms with van der Waals surface area (Å²) in [6.45, 7) is 2.43. The number of amides is 1. The number of sulfonamides is 1. The number of piperidine rings is 1. The molecule has 2 aliphatic rings. The number of nitrogens with zero attached hydrogens (tertiary/aromatic N) is 3. The van der Waals surface area contributed by atoms with E-state index in [4.69, 9.17) is 4.74 Å². The van der Waals surface area contributed by atoms with Gasteiger partial charge in [-0.2, -0.15) is 4.31 Å². The van der Waals surface area contributed by atoms with Gasteiger partial charge in [-0.1, -0.05) is 34.5 Å². The summed E-state index contributed by atoms with van der Waals surface area (Å²) >= 11 is 3.43. The Hall–Kier alpha value is -1.68. The Kier molecular flexibility index (Phi) is 6.34. The smallest absolute Gasteiger partial charge is 0.270 e. The minimum Gasteiger partial charge on any atom is -0.370 e. The quantitative estimate of drug-likeness (QED) is 0.652. The molecular formula is C21H26BrN3O4S. The zero-order valence-corrected chi connectivity index (χ0v) is 19.4. The molecule has 1 amide bonds. The molecule has 0 aliphatic carbocycles. The minimum absolute atomic E-state index is 0.178. The summed E-state index contributed by atoms with van der Waals surface area (Å²) < 4.78 is 36.0. The van der Waals surface area contributed by atoms with Crippen LogP contribution in [0.4, 0.5) is 0 Å². The zero-order chi connectivity index (χ0) is 21.3. The number of hydrogen-bond donors (Lipinski definition) is 0. The number of hydrogen-bond acceptors (Lipinski definition) is 4. The van der Waals surface area contributed by atoms with Crippen molar-refractivity contribution < 1.29 is 17.9 Å². The summed E-state index contributed by atoms with van der Waals surface area (Å²) in [7, 11) is -1.86. The molecular weight excluding hydrogens is 470 g/mol. The fraction of sp³-hybridized carbons (Fsp3) is 0.476. The van der Waals surface area contributed by atoms with Crippen molar-refractivity contribution in [2.45, 2.75) is 30.3 Å². The summed E-state index contributed by atoms with van der Waals surface area (Å²) in [4.78, 5) is 15.1. The highest BCUT2D eigenvalue weighted by atomic mass is 79.9. The lowest BCUT2D eigenvalue weighted by atomic mass is 10.1. The molecule has 0 radical (unpaired) electrons. The van der Waals surface area contributed by atoms with E-state index >= 15 is 0 Å². The summed E-state index contributed by atoms with van der Waals surface area (Å²) in [5.74, 6) is -0.178. The van der Waals surface area contributed by atoms with Gasteiger partial charge >= 0.3 is 0 Å². The van der Waals surface area contributed by atoms with Crippen LogP contribution < -0.4 is 0 Å². The van der Waals surface area contributed by atoms with Gasteiger partial charge in [0, 0.05) is 37.4 Å². The van der Waals surface area contributed by atoms with E-state index < -0.39 is 10.0 Å². The van der Waals surface area contributed by atoms with Crippen molar-refractivity contribution in [3.63, 3.8) is 0 Å². The Morgan fingerprint density at radius 1 is 1.10 bits per heavy atom. The highest BCUT2D eigenvalue weighted by molar-refractivity contribution is 9.10. The first kappa shape index (κ1) is 21.5. The highest BCUT2D eigenvalue weighted by Crippen LogP contribution is 2.26. The second-order valence-electron chi connectivity index (χ2n) is 7.80. The van der Waals surface area contributed by atoms with Gasteiger partial charge in [0.2, 0.25) is 10.0 Å². The van der Waals surface area contributed by atoms with Crippen molar-refractivity contribution in [1.29, 1.82) is 0 Å². The van der Waals surface area contributed by atoms with Gasteiger partial charge in [0.25, 0.3) is 5.91 Å².